The molecule has 1 aliphatic rings. The molecular formula is C19H18FN3OS. The average Bonchev–Trinajstić information content (AvgIpc) is 2.86. The van der Waals surface area contributed by atoms with E-state index in [1.54, 1.807) is 28.5 Å². The molecule has 0 bridgehead atoms. The molecule has 1 aliphatic heterocycles. The number of rotatable bonds is 4. The van der Waals surface area contributed by atoms with Crippen molar-refractivity contribution in [2.45, 2.75) is 19.4 Å². The zero-order chi connectivity index (χ0) is 17.4. The van der Waals surface area contributed by atoms with Crippen LogP contribution in [0.5, 0.6) is 5.88 Å². The number of aromatic nitrogens is 1. The number of hydrogen-bond donors (Lipinski definition) is 1. The summed E-state index contributed by atoms with van der Waals surface area (Å²) in [5, 5.41) is 19.7. The van der Waals surface area contributed by atoms with Crippen LogP contribution in [0.25, 0.3) is 10.9 Å². The van der Waals surface area contributed by atoms with E-state index in [9.17, 15) is 9.50 Å². The number of fused-ring (bicyclic) bond motifs is 1. The largest absolute Gasteiger partial charge is 0.493 e. The molecule has 0 saturated carbocycles. The van der Waals surface area contributed by atoms with E-state index in [-0.39, 0.29) is 17.7 Å². The number of benzene rings is 2. The Balaban J connectivity index is 1.79. The Morgan fingerprint density at radius 3 is 2.56 bits per heavy atom. The zero-order valence-electron chi connectivity index (χ0n) is 13.8. The normalized spacial score (nSPS) is 15.1. The van der Waals surface area contributed by atoms with E-state index >= 15 is 0 Å². The maximum Gasteiger partial charge on any atom is 0.221 e. The maximum atomic E-state index is 14.4. The van der Waals surface area contributed by atoms with Crippen molar-refractivity contribution >= 4 is 34.0 Å². The van der Waals surface area contributed by atoms with Crippen LogP contribution in [-0.4, -0.2) is 21.2 Å². The standard InChI is InChI=1S/C19H18FN3OS/c1-2-12-6-8-13(9-7-12)21-22-17-15-4-3-5-16(20)18(15)23(19(17)24)14-10-25-11-14/h3-9,14,24H,2,10-11H2,1H3. The molecule has 3 aromatic rings. The summed E-state index contributed by atoms with van der Waals surface area (Å²) in [6.45, 7) is 2.09. The van der Waals surface area contributed by atoms with Crippen LogP contribution in [0.3, 0.4) is 0 Å². The minimum absolute atomic E-state index is 0.0145. The lowest BCUT2D eigenvalue weighted by molar-refractivity contribution is 0.404. The van der Waals surface area contributed by atoms with Crippen LogP contribution in [0.15, 0.2) is 52.7 Å². The van der Waals surface area contributed by atoms with Crippen LogP contribution < -0.4 is 0 Å². The zero-order valence-corrected chi connectivity index (χ0v) is 14.6. The van der Waals surface area contributed by atoms with Crippen molar-refractivity contribution in [1.29, 1.82) is 0 Å². The van der Waals surface area contributed by atoms with Crippen LogP contribution in [0.1, 0.15) is 18.5 Å². The highest BCUT2D eigenvalue weighted by molar-refractivity contribution is 8.00. The molecule has 2 aromatic carbocycles. The maximum absolute atomic E-state index is 14.4. The summed E-state index contributed by atoms with van der Waals surface area (Å²) in [6, 6.07) is 12.7. The molecular weight excluding hydrogens is 337 g/mol. The van der Waals surface area contributed by atoms with Crippen LogP contribution in [-0.2, 0) is 6.42 Å². The fraction of sp³-hybridized carbons (Fsp3) is 0.263. The molecule has 0 atom stereocenters. The van der Waals surface area contributed by atoms with Gasteiger partial charge >= 0.3 is 0 Å². The number of nitrogens with zero attached hydrogens (tertiary/aromatic N) is 3. The van der Waals surface area contributed by atoms with Crippen molar-refractivity contribution < 1.29 is 9.50 Å². The number of azo groups is 1. The van der Waals surface area contributed by atoms with Crippen molar-refractivity contribution in [3.63, 3.8) is 0 Å². The molecule has 1 N–H and O–H groups in total. The molecule has 0 radical (unpaired) electrons. The molecule has 1 fully saturated rings. The Kier molecular flexibility index (Phi) is 4.21. The minimum Gasteiger partial charge on any atom is -0.493 e. The number of aromatic hydroxyl groups is 1. The summed E-state index contributed by atoms with van der Waals surface area (Å²) < 4.78 is 16.1. The topological polar surface area (TPSA) is 49.9 Å². The lowest BCUT2D eigenvalue weighted by Gasteiger charge is -2.27. The van der Waals surface area contributed by atoms with Crippen molar-refractivity contribution in [2.24, 2.45) is 10.2 Å². The molecule has 2 heterocycles. The van der Waals surface area contributed by atoms with Gasteiger partial charge in [0.2, 0.25) is 5.88 Å². The van der Waals surface area contributed by atoms with Crippen molar-refractivity contribution in [3.8, 4) is 5.88 Å². The van der Waals surface area contributed by atoms with E-state index in [2.05, 4.69) is 17.2 Å². The summed E-state index contributed by atoms with van der Waals surface area (Å²) in [4.78, 5) is 0. The summed E-state index contributed by atoms with van der Waals surface area (Å²) in [6.07, 6.45) is 0.963. The third kappa shape index (κ3) is 2.80. The fourth-order valence-corrected chi connectivity index (χ4v) is 3.77. The summed E-state index contributed by atoms with van der Waals surface area (Å²) in [5.74, 6) is 1.36. The molecule has 25 heavy (non-hydrogen) atoms. The van der Waals surface area contributed by atoms with Gasteiger partial charge in [0, 0.05) is 16.9 Å². The number of aryl methyl sites for hydroxylation is 1. The van der Waals surface area contributed by atoms with Gasteiger partial charge in [-0.15, -0.1) is 5.11 Å². The summed E-state index contributed by atoms with van der Waals surface area (Å²) in [5.41, 5.74) is 2.66. The Morgan fingerprint density at radius 2 is 1.92 bits per heavy atom. The molecule has 1 saturated heterocycles. The summed E-state index contributed by atoms with van der Waals surface area (Å²) in [7, 11) is 0. The Morgan fingerprint density at radius 1 is 1.16 bits per heavy atom. The van der Waals surface area contributed by atoms with Crippen molar-refractivity contribution in [3.05, 3.63) is 53.8 Å². The molecule has 0 aliphatic carbocycles. The Labute approximate surface area is 149 Å². The molecule has 0 spiro atoms. The van der Waals surface area contributed by atoms with Gasteiger partial charge in [-0.2, -0.15) is 16.9 Å². The van der Waals surface area contributed by atoms with Gasteiger partial charge in [-0.1, -0.05) is 31.2 Å². The van der Waals surface area contributed by atoms with Gasteiger partial charge < -0.3 is 9.67 Å². The van der Waals surface area contributed by atoms with Crippen LogP contribution in [0.4, 0.5) is 15.8 Å². The average molecular weight is 355 g/mol. The predicted molar refractivity (Wildman–Crippen MR) is 99.9 cm³/mol. The quantitative estimate of drug-likeness (QED) is 0.606. The highest BCUT2D eigenvalue weighted by atomic mass is 32.2. The molecule has 0 amide bonds. The highest BCUT2D eigenvalue weighted by Gasteiger charge is 2.28. The second-order valence-electron chi connectivity index (χ2n) is 6.09. The Bertz CT molecular complexity index is 945. The van der Waals surface area contributed by atoms with E-state index in [4.69, 9.17) is 0 Å². The van der Waals surface area contributed by atoms with Crippen LogP contribution in [0.2, 0.25) is 0 Å². The SMILES string of the molecule is CCc1ccc(N=Nc2c(O)n(C3CSC3)c3c(F)cccc23)cc1. The number of thioether (sulfide) groups is 1. The molecule has 0 unspecified atom stereocenters. The molecule has 6 heteroatoms. The van der Waals surface area contributed by atoms with Crippen LogP contribution in [0, 0.1) is 5.82 Å². The monoisotopic (exact) mass is 355 g/mol. The fourth-order valence-electron chi connectivity index (χ4n) is 3.02. The smallest absolute Gasteiger partial charge is 0.221 e. The van der Waals surface area contributed by atoms with E-state index < -0.39 is 0 Å². The molecule has 1 aromatic heterocycles. The Hall–Kier alpha value is -2.34. The first-order chi connectivity index (χ1) is 12.2. The first kappa shape index (κ1) is 16.1. The first-order valence-corrected chi connectivity index (χ1v) is 9.44. The second-order valence-corrected chi connectivity index (χ2v) is 7.16. The number of hydrogen-bond acceptors (Lipinski definition) is 4. The second kappa shape index (κ2) is 6.52. The predicted octanol–water partition coefficient (Wildman–Crippen LogP) is 5.75. The molecule has 4 rings (SSSR count). The van der Waals surface area contributed by atoms with E-state index in [1.807, 2.05) is 24.3 Å². The van der Waals surface area contributed by atoms with Crippen molar-refractivity contribution in [1.82, 2.24) is 4.57 Å². The van der Waals surface area contributed by atoms with Gasteiger partial charge in [0.05, 0.1) is 17.2 Å². The first-order valence-electron chi connectivity index (χ1n) is 8.29. The third-order valence-corrected chi connectivity index (χ3v) is 5.76. The lowest BCUT2D eigenvalue weighted by Crippen LogP contribution is -2.22. The van der Waals surface area contributed by atoms with E-state index in [0.29, 0.717) is 22.3 Å². The lowest BCUT2D eigenvalue weighted by atomic mass is 10.2. The third-order valence-electron chi connectivity index (χ3n) is 4.52. The van der Waals surface area contributed by atoms with Gasteiger partial charge in [0.1, 0.15) is 5.82 Å². The van der Waals surface area contributed by atoms with Gasteiger partial charge in [-0.3, -0.25) is 0 Å². The van der Waals surface area contributed by atoms with Gasteiger partial charge in [0.25, 0.3) is 0 Å². The number of halogens is 1. The van der Waals surface area contributed by atoms with Gasteiger partial charge in [-0.05, 0) is 30.2 Å². The summed E-state index contributed by atoms with van der Waals surface area (Å²) >= 11 is 1.78. The minimum atomic E-state index is -0.349. The van der Waals surface area contributed by atoms with Crippen molar-refractivity contribution in [2.75, 3.05) is 11.5 Å². The van der Waals surface area contributed by atoms with Crippen LogP contribution >= 0.6 is 11.8 Å². The number of para-hydroxylation sites is 1. The molecule has 128 valence electrons. The van der Waals surface area contributed by atoms with E-state index in [0.717, 1.165) is 17.9 Å². The van der Waals surface area contributed by atoms with Gasteiger partial charge in [-0.25, -0.2) is 4.39 Å². The van der Waals surface area contributed by atoms with E-state index in [1.165, 1.54) is 11.6 Å². The van der Waals surface area contributed by atoms with Gasteiger partial charge in [0.15, 0.2) is 5.69 Å². The molecule has 4 nitrogen and oxygen atoms in total. The highest BCUT2D eigenvalue weighted by Crippen LogP contribution is 2.45.